The fraction of sp³-hybridized carbons (Fsp3) is 0.300. The largest absolute Gasteiger partial charge is 0.376 e. The lowest BCUT2D eigenvalue weighted by molar-refractivity contribution is 0.0507. The molecule has 1 unspecified atom stereocenters. The second-order valence-corrected chi connectivity index (χ2v) is 6.57. The molecule has 7 heteroatoms. The van der Waals surface area contributed by atoms with Gasteiger partial charge in [0, 0.05) is 37.7 Å². The molecule has 3 aromatic rings. The van der Waals surface area contributed by atoms with Gasteiger partial charge in [-0.25, -0.2) is 9.67 Å². The number of ether oxygens (including phenoxy) is 1. The van der Waals surface area contributed by atoms with E-state index < -0.39 is 0 Å². The van der Waals surface area contributed by atoms with Crippen molar-refractivity contribution in [3.8, 4) is 5.69 Å². The zero-order valence-electron chi connectivity index (χ0n) is 14.9. The van der Waals surface area contributed by atoms with E-state index in [4.69, 9.17) is 4.74 Å². The van der Waals surface area contributed by atoms with E-state index in [9.17, 15) is 4.79 Å². The molecule has 0 bridgehead atoms. The zero-order chi connectivity index (χ0) is 18.5. The number of aromatic nitrogens is 4. The molecular weight excluding hydrogens is 342 g/mol. The number of carbonyl (C=O) groups is 1. The fourth-order valence-corrected chi connectivity index (χ4v) is 3.25. The Morgan fingerprint density at radius 2 is 2.11 bits per heavy atom. The van der Waals surface area contributed by atoms with Crippen LogP contribution in [-0.4, -0.2) is 49.8 Å². The number of pyridine rings is 1. The van der Waals surface area contributed by atoms with Crippen molar-refractivity contribution < 1.29 is 9.53 Å². The van der Waals surface area contributed by atoms with Gasteiger partial charge in [0.05, 0.1) is 11.8 Å². The molecule has 7 nitrogen and oxygen atoms in total. The van der Waals surface area contributed by atoms with Gasteiger partial charge in [0.2, 0.25) is 0 Å². The number of hydrogen-bond acceptors (Lipinski definition) is 5. The van der Waals surface area contributed by atoms with Crippen molar-refractivity contribution in [3.63, 3.8) is 0 Å². The van der Waals surface area contributed by atoms with Crippen LogP contribution in [0.5, 0.6) is 0 Å². The van der Waals surface area contributed by atoms with Gasteiger partial charge in [0.25, 0.3) is 5.91 Å². The lowest BCUT2D eigenvalue weighted by Crippen LogP contribution is -2.37. The summed E-state index contributed by atoms with van der Waals surface area (Å²) in [7, 11) is 0. The number of nitrogens with zero attached hydrogens (tertiary/aromatic N) is 5. The van der Waals surface area contributed by atoms with Crippen LogP contribution in [0.15, 0.2) is 61.4 Å². The third-order valence-corrected chi connectivity index (χ3v) is 4.63. The highest BCUT2D eigenvalue weighted by Gasteiger charge is 2.23. The van der Waals surface area contributed by atoms with Crippen LogP contribution in [0.2, 0.25) is 0 Å². The highest BCUT2D eigenvalue weighted by Crippen LogP contribution is 2.18. The topological polar surface area (TPSA) is 73.1 Å². The highest BCUT2D eigenvalue weighted by molar-refractivity contribution is 5.94. The van der Waals surface area contributed by atoms with Crippen molar-refractivity contribution >= 4 is 5.91 Å². The van der Waals surface area contributed by atoms with E-state index in [0.717, 1.165) is 30.7 Å². The standard InChI is InChI=1S/C20H21N5O2/c26-20(17-5-7-18(8-6-17)25-15-22-14-23-25)24(13-19-4-2-10-27-19)12-16-3-1-9-21-11-16/h1,3,5-9,11,14-15,19H,2,4,10,12-13H2. The molecule has 1 amide bonds. The van der Waals surface area contributed by atoms with E-state index >= 15 is 0 Å². The van der Waals surface area contributed by atoms with E-state index in [-0.39, 0.29) is 12.0 Å². The second-order valence-electron chi connectivity index (χ2n) is 6.57. The van der Waals surface area contributed by atoms with Gasteiger partial charge in [0.1, 0.15) is 12.7 Å². The van der Waals surface area contributed by atoms with E-state index in [1.165, 1.54) is 6.33 Å². The maximum atomic E-state index is 13.1. The van der Waals surface area contributed by atoms with Crippen molar-refractivity contribution in [2.45, 2.75) is 25.5 Å². The van der Waals surface area contributed by atoms with Gasteiger partial charge in [-0.1, -0.05) is 6.07 Å². The van der Waals surface area contributed by atoms with Gasteiger partial charge in [-0.2, -0.15) is 5.10 Å². The van der Waals surface area contributed by atoms with Crippen molar-refractivity contribution in [1.82, 2.24) is 24.6 Å². The number of amides is 1. The molecule has 1 aliphatic heterocycles. The molecule has 1 saturated heterocycles. The van der Waals surface area contributed by atoms with Gasteiger partial charge in [-0.15, -0.1) is 0 Å². The Hall–Kier alpha value is -3.06. The van der Waals surface area contributed by atoms with Crippen molar-refractivity contribution in [2.24, 2.45) is 0 Å². The molecule has 1 fully saturated rings. The Bertz CT molecular complexity index is 859. The molecule has 0 aliphatic carbocycles. The summed E-state index contributed by atoms with van der Waals surface area (Å²) in [5.41, 5.74) is 2.51. The van der Waals surface area contributed by atoms with Crippen LogP contribution in [0.3, 0.4) is 0 Å². The van der Waals surface area contributed by atoms with Crippen LogP contribution in [0, 0.1) is 0 Å². The summed E-state index contributed by atoms with van der Waals surface area (Å²) in [4.78, 5) is 23.1. The molecule has 0 saturated carbocycles. The Labute approximate surface area is 157 Å². The Kier molecular flexibility index (Phi) is 5.20. The summed E-state index contributed by atoms with van der Waals surface area (Å²) >= 11 is 0. The van der Waals surface area contributed by atoms with Gasteiger partial charge in [0.15, 0.2) is 0 Å². The predicted molar refractivity (Wildman–Crippen MR) is 99.3 cm³/mol. The van der Waals surface area contributed by atoms with Crippen LogP contribution < -0.4 is 0 Å². The van der Waals surface area contributed by atoms with Gasteiger partial charge < -0.3 is 9.64 Å². The molecule has 2 aromatic heterocycles. The highest BCUT2D eigenvalue weighted by atomic mass is 16.5. The molecule has 0 spiro atoms. The third-order valence-electron chi connectivity index (χ3n) is 4.63. The Morgan fingerprint density at radius 3 is 2.78 bits per heavy atom. The molecular formula is C20H21N5O2. The molecule has 1 aliphatic rings. The van der Waals surface area contributed by atoms with Crippen LogP contribution in [-0.2, 0) is 11.3 Å². The number of rotatable bonds is 6. The monoisotopic (exact) mass is 363 g/mol. The molecule has 0 radical (unpaired) electrons. The minimum Gasteiger partial charge on any atom is -0.376 e. The van der Waals surface area contributed by atoms with E-state index in [2.05, 4.69) is 15.1 Å². The van der Waals surface area contributed by atoms with Crippen LogP contribution >= 0.6 is 0 Å². The van der Waals surface area contributed by atoms with Gasteiger partial charge >= 0.3 is 0 Å². The average molecular weight is 363 g/mol. The molecule has 27 heavy (non-hydrogen) atoms. The summed E-state index contributed by atoms with van der Waals surface area (Å²) in [6.45, 7) is 1.86. The minimum absolute atomic E-state index is 0.0144. The third kappa shape index (κ3) is 4.20. The van der Waals surface area contributed by atoms with E-state index in [0.29, 0.717) is 18.7 Å². The second kappa shape index (κ2) is 8.09. The van der Waals surface area contributed by atoms with Gasteiger partial charge in [-0.05, 0) is 48.7 Å². The van der Waals surface area contributed by atoms with E-state index in [1.54, 1.807) is 23.4 Å². The summed E-state index contributed by atoms with van der Waals surface area (Å²) in [5.74, 6) is -0.0144. The Morgan fingerprint density at radius 1 is 1.22 bits per heavy atom. The van der Waals surface area contributed by atoms with E-state index in [1.807, 2.05) is 41.3 Å². The van der Waals surface area contributed by atoms with Crippen molar-refractivity contribution in [2.75, 3.05) is 13.2 Å². The van der Waals surface area contributed by atoms with Gasteiger partial charge in [-0.3, -0.25) is 9.78 Å². The molecule has 1 atom stereocenters. The zero-order valence-corrected chi connectivity index (χ0v) is 14.9. The molecule has 138 valence electrons. The summed E-state index contributed by atoms with van der Waals surface area (Å²) in [6.07, 6.45) is 8.77. The first-order chi connectivity index (χ1) is 13.3. The van der Waals surface area contributed by atoms with Crippen molar-refractivity contribution in [3.05, 3.63) is 72.6 Å². The maximum Gasteiger partial charge on any atom is 0.254 e. The van der Waals surface area contributed by atoms with Crippen LogP contribution in [0.4, 0.5) is 0 Å². The molecule has 3 heterocycles. The lowest BCUT2D eigenvalue weighted by atomic mass is 10.1. The number of carbonyl (C=O) groups excluding carboxylic acids is 1. The summed E-state index contributed by atoms with van der Waals surface area (Å²) in [5, 5.41) is 4.11. The number of benzene rings is 1. The molecule has 0 N–H and O–H groups in total. The summed E-state index contributed by atoms with van der Waals surface area (Å²) in [6, 6.07) is 11.3. The Balaban J connectivity index is 1.53. The first-order valence-electron chi connectivity index (χ1n) is 9.04. The SMILES string of the molecule is O=C(c1ccc(-n2cncn2)cc1)N(Cc1cccnc1)CC1CCCO1. The first-order valence-corrected chi connectivity index (χ1v) is 9.04. The fourth-order valence-electron chi connectivity index (χ4n) is 3.25. The minimum atomic E-state index is -0.0144. The molecule has 1 aromatic carbocycles. The first kappa shape index (κ1) is 17.4. The quantitative estimate of drug-likeness (QED) is 0.673. The van der Waals surface area contributed by atoms with Crippen LogP contribution in [0.1, 0.15) is 28.8 Å². The normalized spacial score (nSPS) is 16.4. The smallest absolute Gasteiger partial charge is 0.254 e. The maximum absolute atomic E-state index is 13.1. The summed E-state index contributed by atoms with van der Waals surface area (Å²) < 4.78 is 7.41. The van der Waals surface area contributed by atoms with Crippen LogP contribution in [0.25, 0.3) is 5.69 Å². The molecule has 4 rings (SSSR count). The van der Waals surface area contributed by atoms with Crippen molar-refractivity contribution in [1.29, 1.82) is 0 Å². The number of hydrogen-bond donors (Lipinski definition) is 0. The average Bonchev–Trinajstić information content (AvgIpc) is 3.42. The predicted octanol–water partition coefficient (Wildman–Crippen LogP) is 2.48. The lowest BCUT2D eigenvalue weighted by Gasteiger charge is -2.25.